The van der Waals surface area contributed by atoms with Crippen molar-refractivity contribution < 1.29 is 0 Å². The van der Waals surface area contributed by atoms with Gasteiger partial charge in [-0.2, -0.15) is 0 Å². The Morgan fingerprint density at radius 1 is 0.439 bits per heavy atom. The molecule has 7 aromatic carbocycles. The molecule has 4 aromatic heterocycles. The van der Waals surface area contributed by atoms with Crippen LogP contribution in [0.15, 0.2) is 121 Å². The molecule has 0 atom stereocenters. The first-order valence-electron chi connectivity index (χ1n) is 18.2. The van der Waals surface area contributed by atoms with E-state index in [0.717, 1.165) is 63.5 Å². The Hall–Kier alpha value is -5.82. The fourth-order valence-corrected chi connectivity index (χ4v) is 10.6. The van der Waals surface area contributed by atoms with E-state index < -0.39 is 0 Å². The van der Waals surface area contributed by atoms with Crippen LogP contribution < -0.4 is 32.8 Å². The van der Waals surface area contributed by atoms with Gasteiger partial charge in [0.2, 0.25) is 0 Å². The maximum Gasteiger partial charge on any atom is 0.165 e. The Balaban J connectivity index is 1.18. The number of hydrogen-bond acceptors (Lipinski definition) is 5. The van der Waals surface area contributed by atoms with Crippen LogP contribution in [0.2, 0.25) is 0 Å². The minimum absolute atomic E-state index is 0.484. The zero-order chi connectivity index (χ0) is 38.7. The van der Waals surface area contributed by atoms with Crippen LogP contribution in [0.25, 0.3) is 102 Å². The van der Waals surface area contributed by atoms with E-state index in [-0.39, 0.29) is 0 Å². The lowest BCUT2D eigenvalue weighted by molar-refractivity contribution is 1.07. The summed E-state index contributed by atoms with van der Waals surface area (Å²) in [5, 5.41) is 5.54. The monoisotopic (exact) mass is 746 g/mol. The number of hydrogen-bond donors (Lipinski definition) is 0. The quantitative estimate of drug-likeness (QED) is 0.225. The molecule has 0 unspecified atom stereocenters. The van der Waals surface area contributed by atoms with Crippen LogP contribution in [-0.4, -0.2) is 66.6 Å². The van der Waals surface area contributed by atoms with Crippen molar-refractivity contribution in [1.29, 1.82) is 0 Å². The second-order valence-corrected chi connectivity index (χ2v) is 16.3. The molecule has 0 spiro atoms. The van der Waals surface area contributed by atoms with Crippen molar-refractivity contribution in [3.8, 4) is 39.9 Å². The summed E-state index contributed by atoms with van der Waals surface area (Å²) in [6.45, 7) is 0. The van der Waals surface area contributed by atoms with Crippen LogP contribution >= 0.6 is 22.7 Å². The number of benzene rings is 7. The molecule has 0 N–H and O–H groups in total. The van der Waals surface area contributed by atoms with E-state index in [0.29, 0.717) is 55.8 Å². The zero-order valence-corrected chi connectivity index (χ0v) is 31.7. The van der Waals surface area contributed by atoms with Gasteiger partial charge in [0.15, 0.2) is 17.5 Å². The second-order valence-electron chi connectivity index (χ2n) is 14.2. The fraction of sp³-hybridized carbons (Fsp3) is 0. The van der Waals surface area contributed by atoms with E-state index in [4.69, 9.17) is 62.0 Å². The summed E-state index contributed by atoms with van der Waals surface area (Å²) >= 11 is 3.23. The Labute approximate surface area is 343 Å². The molecular weight excluding hydrogens is 726 g/mol. The SMILES string of the molecule is [B]c1cc([B])c2sc3c([B])c4c(c([B])c3c2c1)c1cc([B])cc([B])c1n4-c1cccc(-c2nc(-c3ccccc3)nc(-c3cccc4c3sc3ccccc34)n2)c1. The summed E-state index contributed by atoms with van der Waals surface area (Å²) in [6.07, 6.45) is 0. The first kappa shape index (κ1) is 34.4. The van der Waals surface area contributed by atoms with Gasteiger partial charge in [0.25, 0.3) is 0 Å². The van der Waals surface area contributed by atoms with Crippen LogP contribution in [0.3, 0.4) is 0 Å². The third-order valence-electron chi connectivity index (χ3n) is 10.7. The largest absolute Gasteiger partial charge is 0.310 e. The van der Waals surface area contributed by atoms with Gasteiger partial charge in [-0.3, -0.25) is 0 Å². The topological polar surface area (TPSA) is 43.6 Å². The lowest BCUT2D eigenvalue weighted by Crippen LogP contribution is -2.17. The Morgan fingerprint density at radius 2 is 1.11 bits per heavy atom. The van der Waals surface area contributed by atoms with Crippen LogP contribution in [-0.2, 0) is 0 Å². The molecule has 0 aliphatic carbocycles. The molecule has 0 fully saturated rings. The molecule has 0 amide bonds. The molecule has 57 heavy (non-hydrogen) atoms. The zero-order valence-electron chi connectivity index (χ0n) is 30.1. The first-order valence-corrected chi connectivity index (χ1v) is 19.8. The van der Waals surface area contributed by atoms with E-state index in [1.807, 2.05) is 66.7 Å². The predicted octanol–water partition coefficient (Wildman–Crippen LogP) is 5.47. The summed E-state index contributed by atoms with van der Waals surface area (Å²) in [7, 11) is 40.4. The summed E-state index contributed by atoms with van der Waals surface area (Å²) < 4.78 is 6.07. The third kappa shape index (κ3) is 5.23. The van der Waals surface area contributed by atoms with E-state index in [9.17, 15) is 0 Å². The number of fused-ring (bicyclic) bond motifs is 9. The molecule has 12 radical (unpaired) electrons. The fourth-order valence-electron chi connectivity index (χ4n) is 8.25. The van der Waals surface area contributed by atoms with Gasteiger partial charge in [-0.1, -0.05) is 130 Å². The summed E-state index contributed by atoms with van der Waals surface area (Å²) in [5.74, 6) is 1.67. The summed E-state index contributed by atoms with van der Waals surface area (Å²) in [6, 6.07) is 40.1. The highest BCUT2D eigenvalue weighted by Gasteiger charge is 2.24. The molecule has 0 saturated heterocycles. The van der Waals surface area contributed by atoms with Crippen LogP contribution in [0.1, 0.15) is 0 Å². The number of rotatable bonds is 4. The molecule has 0 saturated carbocycles. The van der Waals surface area contributed by atoms with E-state index in [2.05, 4.69) is 47.0 Å². The van der Waals surface area contributed by atoms with Crippen LogP contribution in [0.5, 0.6) is 0 Å². The summed E-state index contributed by atoms with van der Waals surface area (Å²) in [4.78, 5) is 15.3. The van der Waals surface area contributed by atoms with E-state index >= 15 is 0 Å². The number of nitrogens with zero attached hydrogens (tertiary/aromatic N) is 4. The minimum Gasteiger partial charge on any atom is -0.310 e. The average molecular weight is 746 g/mol. The lowest BCUT2D eigenvalue weighted by Gasteiger charge is -2.15. The Morgan fingerprint density at radius 3 is 1.93 bits per heavy atom. The molecule has 11 aromatic rings. The van der Waals surface area contributed by atoms with Crippen LogP contribution in [0, 0.1) is 0 Å². The van der Waals surface area contributed by atoms with Crippen molar-refractivity contribution in [1.82, 2.24) is 19.5 Å². The van der Waals surface area contributed by atoms with Gasteiger partial charge < -0.3 is 4.57 Å². The standard InChI is InChI=1S/C45H20B6N4S2/c46-23-17-29-34-36(50)35-30-18-24(47)20-32(49)41(30)57-42(35)37(51)39(34)55(38(29)31(48)19-23)25-11-6-10-22(16-25)44-52-43(21-8-2-1-3-9-21)53-45(54-44)28-14-7-13-27-26-12-4-5-15-33(26)56-40(27)28/h1-20H. The van der Waals surface area contributed by atoms with E-state index in [1.54, 1.807) is 23.5 Å². The highest BCUT2D eigenvalue weighted by atomic mass is 32.1. The first-order chi connectivity index (χ1) is 27.7. The molecule has 0 aliphatic heterocycles. The molecule has 11 rings (SSSR count). The second kappa shape index (κ2) is 12.9. The van der Waals surface area contributed by atoms with Gasteiger partial charge in [-0.05, 0) is 35.0 Å². The van der Waals surface area contributed by atoms with Gasteiger partial charge in [0.1, 0.15) is 47.1 Å². The van der Waals surface area contributed by atoms with Crippen molar-refractivity contribution in [2.24, 2.45) is 0 Å². The lowest BCUT2D eigenvalue weighted by atomic mass is 9.78. The molecule has 4 heterocycles. The number of thiophene rings is 2. The van der Waals surface area contributed by atoms with Crippen molar-refractivity contribution in [2.75, 3.05) is 0 Å². The van der Waals surface area contributed by atoms with Gasteiger partial charge in [0.05, 0.1) is 0 Å². The molecule has 0 bridgehead atoms. The number of aromatic nitrogens is 4. The predicted molar refractivity (Wildman–Crippen MR) is 249 cm³/mol. The maximum absolute atomic E-state index is 7.21. The van der Waals surface area contributed by atoms with Crippen molar-refractivity contribution >= 4 is 165 Å². The normalized spacial score (nSPS) is 11.9. The molecular formula is C45H20B6N4S2. The van der Waals surface area contributed by atoms with Gasteiger partial charge in [-0.15, -0.1) is 22.7 Å². The van der Waals surface area contributed by atoms with Crippen molar-refractivity contribution in [3.63, 3.8) is 0 Å². The average Bonchev–Trinajstić information content (AvgIpc) is 3.91. The van der Waals surface area contributed by atoms with Gasteiger partial charge in [0, 0.05) is 73.8 Å². The molecule has 0 aliphatic rings. The van der Waals surface area contributed by atoms with Gasteiger partial charge >= 0.3 is 0 Å². The molecule has 250 valence electrons. The van der Waals surface area contributed by atoms with Crippen molar-refractivity contribution in [2.45, 2.75) is 0 Å². The molecule has 4 nitrogen and oxygen atoms in total. The van der Waals surface area contributed by atoms with Crippen molar-refractivity contribution in [3.05, 3.63) is 121 Å². The Kier molecular flexibility index (Phi) is 7.76. The maximum atomic E-state index is 7.21. The summed E-state index contributed by atoms with van der Waals surface area (Å²) in [5.41, 5.74) is 8.01. The highest BCUT2D eigenvalue weighted by molar-refractivity contribution is 7.28. The smallest absolute Gasteiger partial charge is 0.165 e. The molecule has 12 heteroatoms. The Bertz CT molecular complexity index is 3500. The highest BCUT2D eigenvalue weighted by Crippen LogP contribution is 2.40. The van der Waals surface area contributed by atoms with E-state index in [1.165, 1.54) is 26.8 Å². The minimum atomic E-state index is 0.484. The third-order valence-corrected chi connectivity index (χ3v) is 13.2. The van der Waals surface area contributed by atoms with Crippen LogP contribution in [0.4, 0.5) is 0 Å². The van der Waals surface area contributed by atoms with Gasteiger partial charge in [-0.25, -0.2) is 15.0 Å².